The maximum absolute atomic E-state index is 11.0. The maximum Gasteiger partial charge on any atom is 0.134 e. The molecule has 60 valence electrons. The van der Waals surface area contributed by atoms with Gasteiger partial charge in [-0.25, -0.2) is 0 Å². The molecule has 0 saturated carbocycles. The van der Waals surface area contributed by atoms with Crippen molar-refractivity contribution >= 4 is 10.8 Å². The van der Waals surface area contributed by atoms with Crippen molar-refractivity contribution in [1.82, 2.24) is 0 Å². The van der Waals surface area contributed by atoms with Gasteiger partial charge in [0, 0.05) is 6.26 Å². The number of aryl methyl sites for hydroxylation is 1. The SMILES string of the molecule is Cc1cccc(S(C)=O)c1O. The van der Waals surface area contributed by atoms with E-state index in [4.69, 9.17) is 0 Å². The van der Waals surface area contributed by atoms with E-state index >= 15 is 0 Å². The molecule has 1 rings (SSSR count). The predicted octanol–water partition coefficient (Wildman–Crippen LogP) is 1.44. The maximum atomic E-state index is 11.0. The minimum Gasteiger partial charge on any atom is -0.506 e. The number of phenolic OH excluding ortho intramolecular Hbond substituents is 1. The smallest absolute Gasteiger partial charge is 0.134 e. The van der Waals surface area contributed by atoms with Crippen molar-refractivity contribution in [2.24, 2.45) is 0 Å². The molecule has 0 amide bonds. The zero-order valence-electron chi connectivity index (χ0n) is 6.50. The Bertz CT molecular complexity index is 294. The van der Waals surface area contributed by atoms with Crippen molar-refractivity contribution in [2.75, 3.05) is 6.26 Å². The minimum absolute atomic E-state index is 0.147. The molecule has 3 heteroatoms. The van der Waals surface area contributed by atoms with Gasteiger partial charge >= 0.3 is 0 Å². The fraction of sp³-hybridized carbons (Fsp3) is 0.250. The monoisotopic (exact) mass is 170 g/mol. The summed E-state index contributed by atoms with van der Waals surface area (Å²) in [5, 5.41) is 9.37. The molecule has 0 aliphatic rings. The Morgan fingerprint density at radius 3 is 2.55 bits per heavy atom. The fourth-order valence-corrected chi connectivity index (χ4v) is 1.57. The molecule has 0 spiro atoms. The average molecular weight is 170 g/mol. The van der Waals surface area contributed by atoms with Crippen molar-refractivity contribution in [1.29, 1.82) is 0 Å². The molecule has 0 radical (unpaired) electrons. The number of hydrogen-bond acceptors (Lipinski definition) is 2. The van der Waals surface area contributed by atoms with E-state index in [-0.39, 0.29) is 5.75 Å². The van der Waals surface area contributed by atoms with E-state index < -0.39 is 10.8 Å². The van der Waals surface area contributed by atoms with Gasteiger partial charge in [0.2, 0.25) is 0 Å². The molecule has 0 heterocycles. The number of rotatable bonds is 1. The van der Waals surface area contributed by atoms with Gasteiger partial charge < -0.3 is 5.11 Å². The van der Waals surface area contributed by atoms with E-state index in [1.807, 2.05) is 0 Å². The summed E-state index contributed by atoms with van der Waals surface area (Å²) in [4.78, 5) is 0.505. The highest BCUT2D eigenvalue weighted by Gasteiger charge is 2.05. The Labute approximate surface area is 68.3 Å². The first-order valence-corrected chi connectivity index (χ1v) is 4.80. The Kier molecular flexibility index (Phi) is 2.29. The van der Waals surface area contributed by atoms with Crippen molar-refractivity contribution in [3.63, 3.8) is 0 Å². The van der Waals surface area contributed by atoms with Crippen molar-refractivity contribution in [3.05, 3.63) is 23.8 Å². The van der Waals surface area contributed by atoms with Crippen LogP contribution in [0.15, 0.2) is 23.1 Å². The van der Waals surface area contributed by atoms with Crippen LogP contribution in [0.4, 0.5) is 0 Å². The first-order valence-electron chi connectivity index (χ1n) is 3.25. The Morgan fingerprint density at radius 1 is 1.45 bits per heavy atom. The van der Waals surface area contributed by atoms with Gasteiger partial charge in [-0.15, -0.1) is 0 Å². The van der Waals surface area contributed by atoms with Crippen molar-refractivity contribution < 1.29 is 9.32 Å². The lowest BCUT2D eigenvalue weighted by Crippen LogP contribution is -1.88. The van der Waals surface area contributed by atoms with Crippen molar-refractivity contribution in [2.45, 2.75) is 11.8 Å². The summed E-state index contributed by atoms with van der Waals surface area (Å²) in [7, 11) is -1.10. The Morgan fingerprint density at radius 2 is 2.09 bits per heavy atom. The van der Waals surface area contributed by atoms with E-state index in [1.54, 1.807) is 31.4 Å². The van der Waals surface area contributed by atoms with Gasteiger partial charge in [-0.1, -0.05) is 12.1 Å². The van der Waals surface area contributed by atoms with E-state index in [1.165, 1.54) is 0 Å². The highest BCUT2D eigenvalue weighted by atomic mass is 32.2. The second kappa shape index (κ2) is 3.05. The molecule has 2 nitrogen and oxygen atoms in total. The standard InChI is InChI=1S/C8H10O2S/c1-6-4-3-5-7(8(6)9)11(2)10/h3-5,9H,1-2H3. The molecule has 1 aromatic carbocycles. The number of benzene rings is 1. The third-order valence-corrected chi connectivity index (χ3v) is 2.46. The van der Waals surface area contributed by atoms with E-state index in [0.717, 1.165) is 5.56 Å². The summed E-state index contributed by atoms with van der Waals surface area (Å²) in [5.41, 5.74) is 0.762. The van der Waals surface area contributed by atoms with Crippen LogP contribution in [0.2, 0.25) is 0 Å². The summed E-state index contributed by atoms with van der Waals surface area (Å²) in [5.74, 6) is 0.147. The van der Waals surface area contributed by atoms with E-state index in [2.05, 4.69) is 0 Å². The molecule has 0 saturated heterocycles. The zero-order chi connectivity index (χ0) is 8.43. The van der Waals surface area contributed by atoms with Crippen LogP contribution in [0.1, 0.15) is 5.56 Å². The summed E-state index contributed by atoms with van der Waals surface area (Å²) >= 11 is 0. The number of hydrogen-bond donors (Lipinski definition) is 1. The molecular weight excluding hydrogens is 160 g/mol. The third kappa shape index (κ3) is 1.60. The largest absolute Gasteiger partial charge is 0.506 e. The molecule has 1 aromatic rings. The summed E-state index contributed by atoms with van der Waals surface area (Å²) in [6, 6.07) is 5.23. The number of phenols is 1. The Hall–Kier alpha value is -0.830. The van der Waals surface area contributed by atoms with Gasteiger partial charge in [0.25, 0.3) is 0 Å². The lowest BCUT2D eigenvalue weighted by Gasteiger charge is -2.02. The van der Waals surface area contributed by atoms with Crippen molar-refractivity contribution in [3.8, 4) is 5.75 Å². The van der Waals surface area contributed by atoms with Crippen LogP contribution in [0.3, 0.4) is 0 Å². The van der Waals surface area contributed by atoms with Gasteiger partial charge in [0.05, 0.1) is 15.7 Å². The fourth-order valence-electron chi connectivity index (χ4n) is 0.864. The van der Waals surface area contributed by atoms with Crippen LogP contribution in [0.25, 0.3) is 0 Å². The average Bonchev–Trinajstić information content (AvgIpc) is 1.94. The van der Waals surface area contributed by atoms with Crippen LogP contribution < -0.4 is 0 Å². The predicted molar refractivity (Wildman–Crippen MR) is 45.2 cm³/mol. The zero-order valence-corrected chi connectivity index (χ0v) is 7.31. The van der Waals surface area contributed by atoms with Crippen LogP contribution in [-0.4, -0.2) is 15.6 Å². The minimum atomic E-state index is -1.10. The molecule has 0 fully saturated rings. The second-order valence-electron chi connectivity index (χ2n) is 2.38. The highest BCUT2D eigenvalue weighted by molar-refractivity contribution is 7.84. The lowest BCUT2D eigenvalue weighted by molar-refractivity contribution is 0.457. The summed E-state index contributed by atoms with van der Waals surface area (Å²) in [6.45, 7) is 1.78. The molecule has 1 unspecified atom stereocenters. The quantitative estimate of drug-likeness (QED) is 0.692. The lowest BCUT2D eigenvalue weighted by atomic mass is 10.2. The third-order valence-electron chi connectivity index (χ3n) is 1.51. The number of para-hydroxylation sites is 1. The van der Waals surface area contributed by atoms with Gasteiger partial charge in [-0.3, -0.25) is 4.21 Å². The molecular formula is C8H10O2S. The topological polar surface area (TPSA) is 37.3 Å². The Balaban J connectivity index is 3.27. The van der Waals surface area contributed by atoms with E-state index in [0.29, 0.717) is 4.90 Å². The van der Waals surface area contributed by atoms with Gasteiger partial charge in [-0.2, -0.15) is 0 Å². The second-order valence-corrected chi connectivity index (χ2v) is 3.72. The first kappa shape index (κ1) is 8.27. The van der Waals surface area contributed by atoms with Crippen LogP contribution >= 0.6 is 0 Å². The molecule has 0 aromatic heterocycles. The first-order chi connectivity index (χ1) is 5.13. The van der Waals surface area contributed by atoms with Crippen LogP contribution in [0, 0.1) is 6.92 Å². The van der Waals surface area contributed by atoms with Gasteiger partial charge in [0.15, 0.2) is 0 Å². The molecule has 11 heavy (non-hydrogen) atoms. The molecule has 1 N–H and O–H groups in total. The van der Waals surface area contributed by atoms with E-state index in [9.17, 15) is 9.32 Å². The van der Waals surface area contributed by atoms with Crippen LogP contribution in [0.5, 0.6) is 5.75 Å². The summed E-state index contributed by atoms with van der Waals surface area (Å²) in [6.07, 6.45) is 1.55. The van der Waals surface area contributed by atoms with Gasteiger partial charge in [-0.05, 0) is 18.6 Å². The highest BCUT2D eigenvalue weighted by Crippen LogP contribution is 2.23. The molecule has 0 bridgehead atoms. The van der Waals surface area contributed by atoms with Crippen LogP contribution in [-0.2, 0) is 10.8 Å². The molecule has 1 atom stereocenters. The van der Waals surface area contributed by atoms with Gasteiger partial charge in [0.1, 0.15) is 5.75 Å². The summed E-state index contributed by atoms with van der Waals surface area (Å²) < 4.78 is 11.0. The normalized spacial score (nSPS) is 12.9. The molecule has 0 aliphatic heterocycles. The number of aromatic hydroxyl groups is 1. The molecule has 0 aliphatic carbocycles.